The van der Waals surface area contributed by atoms with Crippen molar-refractivity contribution in [1.29, 1.82) is 0 Å². The Bertz CT molecular complexity index is 226. The van der Waals surface area contributed by atoms with Crippen LogP contribution < -0.4 is 5.32 Å². The highest BCUT2D eigenvalue weighted by molar-refractivity contribution is 5.12. The molecule has 1 saturated carbocycles. The molecular weight excluding hydrogens is 202 g/mol. The summed E-state index contributed by atoms with van der Waals surface area (Å²) in [6.45, 7) is 6.01. The van der Waals surface area contributed by atoms with Crippen LogP contribution >= 0.6 is 0 Å². The van der Waals surface area contributed by atoms with Crippen LogP contribution in [0.3, 0.4) is 0 Å². The van der Waals surface area contributed by atoms with Gasteiger partial charge in [-0.25, -0.2) is 0 Å². The van der Waals surface area contributed by atoms with E-state index in [4.69, 9.17) is 9.47 Å². The van der Waals surface area contributed by atoms with E-state index in [9.17, 15) is 0 Å². The first-order valence-electron chi connectivity index (χ1n) is 6.58. The van der Waals surface area contributed by atoms with Crippen LogP contribution in [-0.2, 0) is 9.47 Å². The minimum absolute atomic E-state index is 0.283. The molecule has 3 aliphatic rings. The molecule has 4 atom stereocenters. The molecule has 2 bridgehead atoms. The maximum atomic E-state index is 5.97. The molecule has 0 amide bonds. The number of fused-ring (bicyclic) bond motifs is 2. The number of nitrogens with one attached hydrogen (secondary N) is 1. The summed E-state index contributed by atoms with van der Waals surface area (Å²) in [5.74, 6) is 0.847. The Kier molecular flexibility index (Phi) is 3.88. The molecule has 2 heterocycles. The summed E-state index contributed by atoms with van der Waals surface area (Å²) in [5.41, 5.74) is 0.283. The number of hydrogen-bond donors (Lipinski definition) is 1. The van der Waals surface area contributed by atoms with Crippen LogP contribution in [-0.4, -0.2) is 38.0 Å². The number of ether oxygens (including phenoxy) is 2. The van der Waals surface area contributed by atoms with E-state index >= 15 is 0 Å². The van der Waals surface area contributed by atoms with E-state index < -0.39 is 0 Å². The lowest BCUT2D eigenvalue weighted by atomic mass is 9.63. The minimum Gasteiger partial charge on any atom is -0.382 e. The van der Waals surface area contributed by atoms with Crippen molar-refractivity contribution in [2.75, 3.05) is 20.3 Å². The Hall–Kier alpha value is -0.120. The van der Waals surface area contributed by atoms with E-state index in [1.165, 1.54) is 19.3 Å². The Balaban J connectivity index is 1.88. The maximum absolute atomic E-state index is 5.97. The largest absolute Gasteiger partial charge is 0.382 e. The van der Waals surface area contributed by atoms with Crippen LogP contribution in [0, 0.1) is 5.92 Å². The molecule has 94 valence electrons. The molecule has 2 saturated heterocycles. The average Bonchev–Trinajstić information content (AvgIpc) is 2.22. The molecule has 16 heavy (non-hydrogen) atoms. The van der Waals surface area contributed by atoms with E-state index in [1.54, 1.807) is 7.11 Å². The van der Waals surface area contributed by atoms with Gasteiger partial charge in [-0.3, -0.25) is 0 Å². The number of piperidine rings is 1. The molecule has 0 aromatic carbocycles. The van der Waals surface area contributed by atoms with Gasteiger partial charge in [0.1, 0.15) is 0 Å². The summed E-state index contributed by atoms with van der Waals surface area (Å²) in [7, 11) is 1.73. The van der Waals surface area contributed by atoms with E-state index in [-0.39, 0.29) is 5.54 Å². The minimum atomic E-state index is 0.283. The zero-order chi connectivity index (χ0) is 11.6. The van der Waals surface area contributed by atoms with Crippen LogP contribution in [0.4, 0.5) is 0 Å². The summed E-state index contributed by atoms with van der Waals surface area (Å²) in [6, 6.07) is 0.754. The van der Waals surface area contributed by atoms with Crippen molar-refractivity contribution in [2.45, 2.75) is 57.2 Å². The third kappa shape index (κ3) is 2.27. The van der Waals surface area contributed by atoms with Crippen LogP contribution in [0.15, 0.2) is 0 Å². The van der Waals surface area contributed by atoms with Gasteiger partial charge in [0, 0.05) is 18.7 Å². The van der Waals surface area contributed by atoms with Gasteiger partial charge in [-0.2, -0.15) is 0 Å². The van der Waals surface area contributed by atoms with Gasteiger partial charge in [-0.1, -0.05) is 13.8 Å². The fraction of sp³-hybridized carbons (Fsp3) is 1.00. The van der Waals surface area contributed by atoms with Crippen molar-refractivity contribution in [3.8, 4) is 0 Å². The highest BCUT2D eigenvalue weighted by Gasteiger charge is 2.53. The predicted molar refractivity (Wildman–Crippen MR) is 64.6 cm³/mol. The molecule has 3 fully saturated rings. The number of rotatable bonds is 6. The Morgan fingerprint density at radius 1 is 1.38 bits per heavy atom. The van der Waals surface area contributed by atoms with Crippen molar-refractivity contribution >= 4 is 0 Å². The summed E-state index contributed by atoms with van der Waals surface area (Å²) in [5, 5.41) is 3.74. The average molecular weight is 227 g/mol. The van der Waals surface area contributed by atoms with Gasteiger partial charge in [0.15, 0.2) is 0 Å². The first-order valence-corrected chi connectivity index (χ1v) is 6.58. The summed E-state index contributed by atoms with van der Waals surface area (Å²) in [4.78, 5) is 0. The molecule has 1 N–H and O–H groups in total. The normalized spacial score (nSPS) is 39.2. The topological polar surface area (TPSA) is 30.5 Å². The van der Waals surface area contributed by atoms with Crippen molar-refractivity contribution in [2.24, 2.45) is 5.92 Å². The fourth-order valence-corrected chi connectivity index (χ4v) is 3.60. The van der Waals surface area contributed by atoms with Crippen molar-refractivity contribution in [1.82, 2.24) is 5.32 Å². The van der Waals surface area contributed by atoms with E-state index in [0.29, 0.717) is 12.7 Å². The van der Waals surface area contributed by atoms with Gasteiger partial charge in [-0.05, 0) is 31.6 Å². The molecule has 0 aromatic rings. The predicted octanol–water partition coefficient (Wildman–Crippen LogP) is 1.96. The maximum Gasteiger partial charge on any atom is 0.0755 e. The highest BCUT2D eigenvalue weighted by atomic mass is 16.5. The second-order valence-electron chi connectivity index (χ2n) is 5.51. The summed E-state index contributed by atoms with van der Waals surface area (Å²) in [6.07, 6.45) is 5.38. The fourth-order valence-electron chi connectivity index (χ4n) is 3.60. The second kappa shape index (κ2) is 5.03. The molecule has 0 aromatic heterocycles. The summed E-state index contributed by atoms with van der Waals surface area (Å²) < 4.78 is 11.0. The van der Waals surface area contributed by atoms with Gasteiger partial charge in [0.05, 0.1) is 19.3 Å². The monoisotopic (exact) mass is 227 g/mol. The van der Waals surface area contributed by atoms with Crippen molar-refractivity contribution in [3.05, 3.63) is 0 Å². The van der Waals surface area contributed by atoms with Gasteiger partial charge in [0.2, 0.25) is 0 Å². The highest BCUT2D eigenvalue weighted by Crippen LogP contribution is 2.44. The summed E-state index contributed by atoms with van der Waals surface area (Å²) >= 11 is 0. The first-order chi connectivity index (χ1) is 7.70. The lowest BCUT2D eigenvalue weighted by Crippen LogP contribution is -2.73. The third-order valence-electron chi connectivity index (χ3n) is 4.10. The number of methoxy groups -OCH3 is 1. The Morgan fingerprint density at radius 3 is 2.69 bits per heavy atom. The van der Waals surface area contributed by atoms with E-state index in [0.717, 1.165) is 25.0 Å². The van der Waals surface area contributed by atoms with E-state index in [1.807, 2.05) is 0 Å². The quantitative estimate of drug-likeness (QED) is 0.704. The Labute approximate surface area is 98.9 Å². The molecule has 0 spiro atoms. The first kappa shape index (κ1) is 12.3. The van der Waals surface area contributed by atoms with E-state index in [2.05, 4.69) is 19.2 Å². The lowest BCUT2D eigenvalue weighted by molar-refractivity contribution is -0.103. The van der Waals surface area contributed by atoms with Crippen LogP contribution in [0.2, 0.25) is 0 Å². The number of hydrogen-bond acceptors (Lipinski definition) is 3. The zero-order valence-corrected chi connectivity index (χ0v) is 10.8. The molecule has 3 rings (SSSR count). The van der Waals surface area contributed by atoms with Gasteiger partial charge < -0.3 is 14.8 Å². The van der Waals surface area contributed by atoms with Crippen LogP contribution in [0.25, 0.3) is 0 Å². The van der Waals surface area contributed by atoms with Crippen molar-refractivity contribution in [3.63, 3.8) is 0 Å². The molecular formula is C13H25NO2. The van der Waals surface area contributed by atoms with Gasteiger partial charge in [-0.15, -0.1) is 0 Å². The SMILES string of the molecule is CCC(OCCOC)C12CC(C)CC(C1)N2. The zero-order valence-electron chi connectivity index (χ0n) is 10.8. The van der Waals surface area contributed by atoms with Gasteiger partial charge in [0.25, 0.3) is 0 Å². The second-order valence-corrected chi connectivity index (χ2v) is 5.51. The molecule has 2 aliphatic heterocycles. The standard InChI is InChI=1S/C13H25NO2/c1-4-12(16-6-5-15-3)13-8-10(2)7-11(9-13)14-13/h10-12,14H,4-9H2,1-3H3. The van der Waals surface area contributed by atoms with Crippen molar-refractivity contribution < 1.29 is 9.47 Å². The van der Waals surface area contributed by atoms with Crippen LogP contribution in [0.1, 0.15) is 39.5 Å². The molecule has 0 radical (unpaired) electrons. The van der Waals surface area contributed by atoms with Crippen LogP contribution in [0.5, 0.6) is 0 Å². The third-order valence-corrected chi connectivity index (χ3v) is 4.10. The smallest absolute Gasteiger partial charge is 0.0755 e. The van der Waals surface area contributed by atoms with Gasteiger partial charge >= 0.3 is 0 Å². The molecule has 3 nitrogen and oxygen atoms in total. The molecule has 1 aliphatic carbocycles. The lowest BCUT2D eigenvalue weighted by Gasteiger charge is -2.59. The Morgan fingerprint density at radius 2 is 2.12 bits per heavy atom. The molecule has 3 heteroatoms. The molecule has 4 unspecified atom stereocenters.